The number of benzene rings is 1. The van der Waals surface area contributed by atoms with Crippen LogP contribution in [0.4, 0.5) is 0 Å². The van der Waals surface area contributed by atoms with Crippen molar-refractivity contribution in [3.05, 3.63) is 23.3 Å². The minimum Gasteiger partial charge on any atom is -0.493 e. The average Bonchev–Trinajstić information content (AvgIpc) is 3.20. The van der Waals surface area contributed by atoms with Gasteiger partial charge in [0.25, 0.3) is 0 Å². The Bertz CT molecular complexity index is 869. The molecule has 5 aliphatic rings. The Hall–Kier alpha value is -1.59. The number of nitrogens with zero attached hydrogens (tertiary/aromatic N) is 1. The quantitative estimate of drug-likeness (QED) is 0.677. The predicted octanol–water partition coefficient (Wildman–Crippen LogP) is 3.97. The number of hydrogen-bond donors (Lipinski definition) is 0. The normalized spacial score (nSPS) is 37.8. The molecule has 5 nitrogen and oxygen atoms in total. The van der Waals surface area contributed by atoms with E-state index >= 15 is 0 Å². The van der Waals surface area contributed by atoms with Gasteiger partial charge in [0.15, 0.2) is 11.5 Å². The standard InChI is InChI=1S/C25H35NO4/c1-6-8-17(27)16-14-24-11-12-25(16,29-5)23-21(24)20-15(13-19(24)26(3)7-2)9-10-18(28-4)22(20)30-23/h9-10,16,19,21,23H,6-8,11-14H2,1-5H3/t16?,19-,21?,23-,24-,25+/m1/s1. The topological polar surface area (TPSA) is 48.0 Å². The van der Waals surface area contributed by atoms with Gasteiger partial charge in [-0.15, -0.1) is 0 Å². The van der Waals surface area contributed by atoms with Crippen molar-refractivity contribution in [1.82, 2.24) is 4.90 Å². The summed E-state index contributed by atoms with van der Waals surface area (Å²) in [6, 6.07) is 4.69. The van der Waals surface area contributed by atoms with E-state index in [0.29, 0.717) is 18.2 Å². The van der Waals surface area contributed by atoms with Crippen molar-refractivity contribution >= 4 is 5.78 Å². The lowest BCUT2D eigenvalue weighted by molar-refractivity contribution is -0.229. The van der Waals surface area contributed by atoms with Crippen LogP contribution in [0, 0.1) is 11.3 Å². The Morgan fingerprint density at radius 1 is 1.27 bits per heavy atom. The summed E-state index contributed by atoms with van der Waals surface area (Å²) in [5.74, 6) is 2.24. The highest BCUT2D eigenvalue weighted by Crippen LogP contribution is 2.71. The Morgan fingerprint density at radius 2 is 2.07 bits per heavy atom. The van der Waals surface area contributed by atoms with Gasteiger partial charge in [-0.3, -0.25) is 4.79 Å². The zero-order valence-electron chi connectivity index (χ0n) is 19.0. The highest BCUT2D eigenvalue weighted by Gasteiger charge is 2.73. The molecule has 5 heteroatoms. The van der Waals surface area contributed by atoms with E-state index in [9.17, 15) is 4.79 Å². The van der Waals surface area contributed by atoms with E-state index in [-0.39, 0.29) is 23.4 Å². The van der Waals surface area contributed by atoms with Gasteiger partial charge in [0, 0.05) is 31.1 Å². The first-order valence-corrected chi connectivity index (χ1v) is 11.6. The van der Waals surface area contributed by atoms with Crippen LogP contribution < -0.4 is 9.47 Å². The molecule has 1 spiro atoms. The number of hydrogen-bond acceptors (Lipinski definition) is 5. The molecule has 0 saturated heterocycles. The largest absolute Gasteiger partial charge is 0.493 e. The first-order valence-electron chi connectivity index (χ1n) is 11.6. The lowest BCUT2D eigenvalue weighted by atomic mass is 9.42. The summed E-state index contributed by atoms with van der Waals surface area (Å²) in [6.07, 6.45) is 5.30. The number of methoxy groups -OCH3 is 2. The molecule has 0 aromatic heterocycles. The molecular weight excluding hydrogens is 378 g/mol. The SMILES string of the molecule is CCCC(=O)C1C[C@@]23CC[C@@]1(OC)[C@@H]1Oc4c(OC)ccc(c4C12)C[C@H]3N(C)CC. The van der Waals surface area contributed by atoms with Crippen LogP contribution in [0.25, 0.3) is 0 Å². The van der Waals surface area contributed by atoms with Crippen molar-refractivity contribution in [1.29, 1.82) is 0 Å². The first kappa shape index (κ1) is 20.3. The Balaban J connectivity index is 1.72. The maximum atomic E-state index is 13.4. The molecule has 1 heterocycles. The Labute approximate surface area is 180 Å². The van der Waals surface area contributed by atoms with E-state index in [2.05, 4.69) is 31.9 Å². The van der Waals surface area contributed by atoms with Crippen molar-refractivity contribution in [2.75, 3.05) is 27.8 Å². The fourth-order valence-corrected chi connectivity index (χ4v) is 7.52. The van der Waals surface area contributed by atoms with Crippen LogP contribution in [0.15, 0.2) is 12.1 Å². The third-order valence-corrected chi connectivity index (χ3v) is 8.96. The van der Waals surface area contributed by atoms with Crippen LogP contribution in [0.1, 0.15) is 63.0 Å². The second kappa shape index (κ2) is 6.96. The molecule has 2 unspecified atom stereocenters. The smallest absolute Gasteiger partial charge is 0.165 e. The van der Waals surface area contributed by atoms with E-state index < -0.39 is 5.60 Å². The van der Waals surface area contributed by atoms with Crippen LogP contribution in [-0.4, -0.2) is 56.2 Å². The van der Waals surface area contributed by atoms with E-state index in [1.54, 1.807) is 14.2 Å². The summed E-state index contributed by atoms with van der Waals surface area (Å²) in [4.78, 5) is 15.9. The van der Waals surface area contributed by atoms with Crippen molar-refractivity contribution < 1.29 is 19.0 Å². The lowest BCUT2D eigenvalue weighted by Crippen LogP contribution is -2.72. The van der Waals surface area contributed by atoms with Crippen LogP contribution in [0.2, 0.25) is 0 Å². The van der Waals surface area contributed by atoms with Crippen LogP contribution in [0.5, 0.6) is 11.5 Å². The van der Waals surface area contributed by atoms with Gasteiger partial charge in [-0.1, -0.05) is 19.9 Å². The van der Waals surface area contributed by atoms with Crippen molar-refractivity contribution in [2.45, 2.75) is 76.0 Å². The number of fused-ring (bicyclic) bond motifs is 2. The number of ether oxygens (including phenoxy) is 3. The number of Topliss-reactive ketones (excluding diaryl/α,β-unsaturated/α-hetero) is 1. The van der Waals surface area contributed by atoms with Crippen LogP contribution in [-0.2, 0) is 16.0 Å². The summed E-state index contributed by atoms with van der Waals surface area (Å²) in [7, 11) is 5.74. The molecule has 3 saturated carbocycles. The minimum atomic E-state index is -0.535. The fraction of sp³-hybridized carbons (Fsp3) is 0.720. The maximum Gasteiger partial charge on any atom is 0.165 e. The Kier molecular flexibility index (Phi) is 4.71. The lowest BCUT2D eigenvalue weighted by Gasteiger charge is -2.66. The monoisotopic (exact) mass is 413 g/mol. The second-order valence-electron chi connectivity index (χ2n) is 9.84. The van der Waals surface area contributed by atoms with Gasteiger partial charge in [-0.25, -0.2) is 0 Å². The number of ketones is 1. The molecule has 0 radical (unpaired) electrons. The van der Waals surface area contributed by atoms with Crippen molar-refractivity contribution in [3.63, 3.8) is 0 Å². The molecule has 1 aliphatic heterocycles. The fourth-order valence-electron chi connectivity index (χ4n) is 7.52. The van der Waals surface area contributed by atoms with Crippen LogP contribution >= 0.6 is 0 Å². The van der Waals surface area contributed by atoms with E-state index in [1.807, 2.05) is 6.07 Å². The second-order valence-corrected chi connectivity index (χ2v) is 9.84. The van der Waals surface area contributed by atoms with E-state index in [1.165, 1.54) is 11.1 Å². The van der Waals surface area contributed by atoms with Crippen LogP contribution in [0.3, 0.4) is 0 Å². The summed E-state index contributed by atoms with van der Waals surface area (Å²) in [5, 5.41) is 0. The molecule has 2 bridgehead atoms. The van der Waals surface area contributed by atoms with Crippen molar-refractivity contribution in [2.24, 2.45) is 11.3 Å². The van der Waals surface area contributed by atoms with E-state index in [0.717, 1.165) is 50.1 Å². The Morgan fingerprint density at radius 3 is 2.73 bits per heavy atom. The molecule has 3 fully saturated rings. The number of carbonyl (C=O) groups is 1. The average molecular weight is 414 g/mol. The summed E-state index contributed by atoms with van der Waals surface area (Å²) in [5.41, 5.74) is 2.23. The van der Waals surface area contributed by atoms with Gasteiger partial charge in [-0.05, 0) is 62.7 Å². The summed E-state index contributed by atoms with van der Waals surface area (Å²) in [6.45, 7) is 5.33. The molecule has 0 N–H and O–H groups in total. The highest BCUT2D eigenvalue weighted by atomic mass is 16.6. The molecular formula is C25H35NO4. The van der Waals surface area contributed by atoms with Gasteiger partial charge in [-0.2, -0.15) is 0 Å². The van der Waals surface area contributed by atoms with E-state index in [4.69, 9.17) is 14.2 Å². The molecule has 6 atom stereocenters. The van der Waals surface area contributed by atoms with Gasteiger partial charge < -0.3 is 19.1 Å². The maximum absolute atomic E-state index is 13.4. The third-order valence-electron chi connectivity index (χ3n) is 8.96. The first-order chi connectivity index (χ1) is 14.5. The predicted molar refractivity (Wildman–Crippen MR) is 115 cm³/mol. The zero-order chi connectivity index (χ0) is 21.3. The third kappa shape index (κ3) is 2.34. The molecule has 1 aromatic carbocycles. The summed E-state index contributed by atoms with van der Waals surface area (Å²) >= 11 is 0. The highest BCUT2D eigenvalue weighted by molar-refractivity contribution is 5.83. The zero-order valence-corrected chi connectivity index (χ0v) is 19.0. The van der Waals surface area contributed by atoms with Gasteiger partial charge >= 0.3 is 0 Å². The molecule has 1 aromatic rings. The number of likely N-dealkylation sites (N-methyl/N-ethyl adjacent to an activating group) is 1. The van der Waals surface area contributed by atoms with Gasteiger partial charge in [0.05, 0.1) is 13.0 Å². The minimum absolute atomic E-state index is 0.0500. The summed E-state index contributed by atoms with van der Waals surface area (Å²) < 4.78 is 18.7. The van der Waals surface area contributed by atoms with Gasteiger partial charge in [0.1, 0.15) is 17.5 Å². The molecule has 0 amide bonds. The molecule has 6 rings (SSSR count). The van der Waals surface area contributed by atoms with Crippen molar-refractivity contribution in [3.8, 4) is 11.5 Å². The number of rotatable bonds is 7. The molecule has 164 valence electrons. The molecule has 4 aliphatic carbocycles. The molecule has 30 heavy (non-hydrogen) atoms. The number of carbonyl (C=O) groups excluding carboxylic acids is 1. The van der Waals surface area contributed by atoms with Gasteiger partial charge in [0.2, 0.25) is 0 Å².